The first-order chi connectivity index (χ1) is 14.9. The van der Waals surface area contributed by atoms with Gasteiger partial charge in [-0.25, -0.2) is 0 Å². The Morgan fingerprint density at radius 2 is 0.633 bits per heavy atom. The molecular formula is C30H18. The average molecular weight is 378 g/mol. The predicted octanol–water partition coefficient (Wildman–Crippen LogP) is 8.61. The summed E-state index contributed by atoms with van der Waals surface area (Å²) in [5, 5.41) is 15.9. The van der Waals surface area contributed by atoms with E-state index in [1.54, 1.807) is 0 Å². The van der Waals surface area contributed by atoms with E-state index in [2.05, 4.69) is 109 Å². The van der Waals surface area contributed by atoms with Gasteiger partial charge in [0.15, 0.2) is 0 Å². The van der Waals surface area contributed by atoms with Gasteiger partial charge >= 0.3 is 0 Å². The molecule has 0 unspecified atom stereocenters. The highest BCUT2D eigenvalue weighted by Gasteiger charge is 2.13. The minimum absolute atomic E-state index is 1.29. The van der Waals surface area contributed by atoms with E-state index in [1.165, 1.54) is 64.6 Å². The van der Waals surface area contributed by atoms with Crippen LogP contribution in [0.2, 0.25) is 0 Å². The zero-order valence-corrected chi connectivity index (χ0v) is 16.4. The Kier molecular flexibility index (Phi) is 3.09. The summed E-state index contributed by atoms with van der Waals surface area (Å²) in [4.78, 5) is 0. The van der Waals surface area contributed by atoms with Crippen molar-refractivity contribution in [1.29, 1.82) is 0 Å². The monoisotopic (exact) mass is 378 g/mol. The van der Waals surface area contributed by atoms with Crippen molar-refractivity contribution < 1.29 is 0 Å². The fourth-order valence-corrected chi connectivity index (χ4v) is 5.32. The summed E-state index contributed by atoms with van der Waals surface area (Å²) in [6.07, 6.45) is 0. The van der Waals surface area contributed by atoms with Gasteiger partial charge in [0.05, 0.1) is 0 Å². The SMILES string of the molecule is c1ccc2c(c1)ccc1ccc3c(ccc4c5ccccc5c5ccccc5c43)c12. The molecule has 0 nitrogen and oxygen atoms in total. The summed E-state index contributed by atoms with van der Waals surface area (Å²) < 4.78 is 0. The van der Waals surface area contributed by atoms with Gasteiger partial charge in [-0.1, -0.05) is 109 Å². The summed E-state index contributed by atoms with van der Waals surface area (Å²) >= 11 is 0. The van der Waals surface area contributed by atoms with Gasteiger partial charge < -0.3 is 0 Å². The smallest absolute Gasteiger partial charge is 0.00201 e. The van der Waals surface area contributed by atoms with Crippen LogP contribution in [0, 0.1) is 0 Å². The predicted molar refractivity (Wildman–Crippen MR) is 131 cm³/mol. The quantitative estimate of drug-likeness (QED) is 0.232. The first-order valence-corrected chi connectivity index (χ1v) is 10.5. The first-order valence-electron chi connectivity index (χ1n) is 10.5. The van der Waals surface area contributed by atoms with E-state index in [1.807, 2.05) is 0 Å². The lowest BCUT2D eigenvalue weighted by atomic mass is 9.89. The van der Waals surface area contributed by atoms with Crippen LogP contribution in [0.1, 0.15) is 0 Å². The lowest BCUT2D eigenvalue weighted by molar-refractivity contribution is 1.78. The van der Waals surface area contributed by atoms with Crippen LogP contribution < -0.4 is 0 Å². The summed E-state index contributed by atoms with van der Waals surface area (Å²) in [5.74, 6) is 0. The second-order valence-corrected chi connectivity index (χ2v) is 8.12. The lowest BCUT2D eigenvalue weighted by Gasteiger charge is -2.14. The van der Waals surface area contributed by atoms with Crippen molar-refractivity contribution in [2.24, 2.45) is 0 Å². The van der Waals surface area contributed by atoms with Crippen molar-refractivity contribution in [3.63, 3.8) is 0 Å². The topological polar surface area (TPSA) is 0 Å². The van der Waals surface area contributed by atoms with Gasteiger partial charge in [0.1, 0.15) is 0 Å². The van der Waals surface area contributed by atoms with Crippen molar-refractivity contribution in [1.82, 2.24) is 0 Å². The standard InChI is InChI=1S/C30H18/c1-2-8-21-19(7-1)13-14-20-15-16-28-27(29(20)21)18-17-26-24-11-4-3-9-22(24)23-10-5-6-12-25(23)30(26)28/h1-18H. The van der Waals surface area contributed by atoms with Gasteiger partial charge in [0, 0.05) is 0 Å². The highest BCUT2D eigenvalue weighted by atomic mass is 14.2. The highest BCUT2D eigenvalue weighted by Crippen LogP contribution is 2.41. The van der Waals surface area contributed by atoms with Crippen molar-refractivity contribution in [3.05, 3.63) is 109 Å². The Bertz CT molecular complexity index is 1750. The Hall–Kier alpha value is -3.90. The number of fused-ring (bicyclic) bond motifs is 12. The Morgan fingerprint density at radius 1 is 0.233 bits per heavy atom. The molecule has 0 radical (unpaired) electrons. The van der Waals surface area contributed by atoms with Crippen LogP contribution in [0.4, 0.5) is 0 Å². The Labute approximate surface area is 174 Å². The van der Waals surface area contributed by atoms with Crippen molar-refractivity contribution >= 4 is 64.6 Å². The normalized spacial score (nSPS) is 12.0. The molecule has 0 saturated heterocycles. The molecule has 0 N–H and O–H groups in total. The second kappa shape index (κ2) is 5.81. The number of hydrogen-bond donors (Lipinski definition) is 0. The van der Waals surface area contributed by atoms with Gasteiger partial charge in [-0.05, 0) is 64.6 Å². The molecule has 7 aromatic carbocycles. The van der Waals surface area contributed by atoms with Crippen LogP contribution in [0.3, 0.4) is 0 Å². The van der Waals surface area contributed by atoms with Crippen LogP contribution >= 0.6 is 0 Å². The molecule has 30 heavy (non-hydrogen) atoms. The van der Waals surface area contributed by atoms with Gasteiger partial charge in [-0.3, -0.25) is 0 Å². The molecule has 138 valence electrons. The van der Waals surface area contributed by atoms with E-state index in [0.29, 0.717) is 0 Å². The second-order valence-electron chi connectivity index (χ2n) is 8.12. The third-order valence-electron chi connectivity index (χ3n) is 6.61. The largest absolute Gasteiger partial charge is 0.0616 e. The molecule has 0 aliphatic heterocycles. The maximum absolute atomic E-state index is 2.33. The summed E-state index contributed by atoms with van der Waals surface area (Å²) in [6.45, 7) is 0. The van der Waals surface area contributed by atoms with E-state index < -0.39 is 0 Å². The third-order valence-corrected chi connectivity index (χ3v) is 6.61. The van der Waals surface area contributed by atoms with Crippen molar-refractivity contribution in [3.8, 4) is 0 Å². The molecule has 0 saturated carbocycles. The zero-order valence-electron chi connectivity index (χ0n) is 16.4. The minimum atomic E-state index is 1.29. The van der Waals surface area contributed by atoms with Gasteiger partial charge in [0.2, 0.25) is 0 Å². The van der Waals surface area contributed by atoms with Crippen LogP contribution in [-0.2, 0) is 0 Å². The molecule has 0 amide bonds. The van der Waals surface area contributed by atoms with Crippen LogP contribution in [0.5, 0.6) is 0 Å². The maximum atomic E-state index is 2.33. The van der Waals surface area contributed by atoms with Crippen LogP contribution in [-0.4, -0.2) is 0 Å². The number of hydrogen-bond acceptors (Lipinski definition) is 0. The zero-order chi connectivity index (χ0) is 19.7. The molecule has 0 atom stereocenters. The van der Waals surface area contributed by atoms with Gasteiger partial charge in [-0.2, -0.15) is 0 Å². The van der Waals surface area contributed by atoms with E-state index in [0.717, 1.165) is 0 Å². The van der Waals surface area contributed by atoms with Gasteiger partial charge in [-0.15, -0.1) is 0 Å². The molecule has 0 heteroatoms. The van der Waals surface area contributed by atoms with E-state index in [9.17, 15) is 0 Å². The molecular weight excluding hydrogens is 360 g/mol. The number of benzene rings is 7. The van der Waals surface area contributed by atoms with Crippen molar-refractivity contribution in [2.75, 3.05) is 0 Å². The van der Waals surface area contributed by atoms with Gasteiger partial charge in [0.25, 0.3) is 0 Å². The maximum Gasteiger partial charge on any atom is -0.00201 e. The minimum Gasteiger partial charge on any atom is -0.0616 e. The van der Waals surface area contributed by atoms with Crippen molar-refractivity contribution in [2.45, 2.75) is 0 Å². The molecule has 0 aliphatic carbocycles. The van der Waals surface area contributed by atoms with E-state index in [4.69, 9.17) is 0 Å². The summed E-state index contributed by atoms with van der Waals surface area (Å²) in [7, 11) is 0. The molecule has 0 heterocycles. The summed E-state index contributed by atoms with van der Waals surface area (Å²) in [6, 6.07) is 40.1. The Balaban J connectivity index is 1.82. The lowest BCUT2D eigenvalue weighted by Crippen LogP contribution is -1.86. The average Bonchev–Trinajstić information content (AvgIpc) is 2.83. The highest BCUT2D eigenvalue weighted by molar-refractivity contribution is 6.34. The third kappa shape index (κ3) is 2.00. The molecule has 0 spiro atoms. The molecule has 0 aromatic heterocycles. The van der Waals surface area contributed by atoms with E-state index in [-0.39, 0.29) is 0 Å². The molecule has 7 rings (SSSR count). The van der Waals surface area contributed by atoms with E-state index >= 15 is 0 Å². The fourth-order valence-electron chi connectivity index (χ4n) is 5.32. The van der Waals surface area contributed by atoms with Crippen LogP contribution in [0.25, 0.3) is 64.6 Å². The summed E-state index contributed by atoms with van der Waals surface area (Å²) in [5.41, 5.74) is 0. The molecule has 0 aliphatic rings. The van der Waals surface area contributed by atoms with Crippen LogP contribution in [0.15, 0.2) is 109 Å². The fraction of sp³-hybridized carbons (Fsp3) is 0. The Morgan fingerprint density at radius 3 is 1.37 bits per heavy atom. The molecule has 0 fully saturated rings. The number of rotatable bonds is 0. The molecule has 7 aromatic rings. The first kappa shape index (κ1) is 16.0. The molecule has 0 bridgehead atoms.